The van der Waals surface area contributed by atoms with Crippen molar-refractivity contribution in [3.05, 3.63) is 48.6 Å². The number of rotatable bonds is 4. The second kappa shape index (κ2) is 4.44. The molecule has 18 heavy (non-hydrogen) atoms. The highest BCUT2D eigenvalue weighted by molar-refractivity contribution is 5.61. The predicted molar refractivity (Wildman–Crippen MR) is 62.1 cm³/mol. The molecule has 1 aliphatic heterocycles. The largest absolute Gasteiger partial charge is 0.513 e. The van der Waals surface area contributed by atoms with Gasteiger partial charge in [-0.25, -0.2) is 4.79 Å². The van der Waals surface area contributed by atoms with Gasteiger partial charge in [0.05, 0.1) is 0 Å². The van der Waals surface area contributed by atoms with E-state index in [1.165, 1.54) is 6.08 Å². The van der Waals surface area contributed by atoms with E-state index in [9.17, 15) is 4.79 Å². The molecule has 0 bridgehead atoms. The summed E-state index contributed by atoms with van der Waals surface area (Å²) in [6.07, 6.45) is 0.338. The Kier molecular flexibility index (Phi) is 3.11. The topological polar surface area (TPSA) is 60.6 Å². The summed E-state index contributed by atoms with van der Waals surface area (Å²) < 4.78 is 10.1. The second-order valence-corrected chi connectivity index (χ2v) is 4.30. The fraction of sp³-hybridized carbons (Fsp3) is 0.308. The number of carbonyl (C=O) groups is 1. The van der Waals surface area contributed by atoms with Gasteiger partial charge in [0.15, 0.2) is 0 Å². The molecule has 1 saturated heterocycles. The van der Waals surface area contributed by atoms with E-state index in [2.05, 4.69) is 16.4 Å². The van der Waals surface area contributed by atoms with Crippen molar-refractivity contribution in [2.45, 2.75) is 25.4 Å². The first-order chi connectivity index (χ1) is 8.47. The fourth-order valence-electron chi connectivity index (χ4n) is 1.43. The molecule has 1 aromatic rings. The van der Waals surface area contributed by atoms with E-state index < -0.39 is 17.7 Å². The molecule has 0 aliphatic carbocycles. The molecular weight excluding hydrogens is 236 g/mol. The summed E-state index contributed by atoms with van der Waals surface area (Å²) in [6.45, 7) is 6.95. The van der Waals surface area contributed by atoms with Gasteiger partial charge in [-0.3, -0.25) is 0 Å². The highest BCUT2D eigenvalue weighted by atomic mass is 17.5. The van der Waals surface area contributed by atoms with Gasteiger partial charge in [0.2, 0.25) is 0 Å². The van der Waals surface area contributed by atoms with Crippen LogP contribution >= 0.6 is 0 Å². The van der Waals surface area contributed by atoms with Crippen molar-refractivity contribution < 1.29 is 24.0 Å². The van der Waals surface area contributed by atoms with Crippen LogP contribution in [0.1, 0.15) is 19.4 Å². The highest BCUT2D eigenvalue weighted by Gasteiger charge is 2.52. The molecule has 0 atom stereocenters. The van der Waals surface area contributed by atoms with Crippen molar-refractivity contribution in [3.63, 3.8) is 0 Å². The van der Waals surface area contributed by atoms with Crippen LogP contribution in [0.2, 0.25) is 0 Å². The molecule has 0 amide bonds. The van der Waals surface area contributed by atoms with Crippen LogP contribution < -0.4 is 0 Å². The Labute approximate surface area is 105 Å². The van der Waals surface area contributed by atoms with Gasteiger partial charge in [-0.15, -0.1) is 9.78 Å². The van der Waals surface area contributed by atoms with Crippen molar-refractivity contribution in [1.29, 1.82) is 0 Å². The molecule has 0 aromatic heterocycles. The lowest BCUT2D eigenvalue weighted by atomic mass is 9.98. The Morgan fingerprint density at radius 1 is 1.33 bits per heavy atom. The van der Waals surface area contributed by atoms with Crippen molar-refractivity contribution in [2.75, 3.05) is 0 Å². The molecule has 1 aliphatic rings. The third-order valence-corrected chi connectivity index (χ3v) is 2.53. The summed E-state index contributed by atoms with van der Waals surface area (Å²) in [7, 11) is 0. The number of benzene rings is 1. The summed E-state index contributed by atoms with van der Waals surface area (Å²) in [4.78, 5) is 20.6. The van der Waals surface area contributed by atoms with Crippen molar-refractivity contribution in [2.24, 2.45) is 0 Å². The summed E-state index contributed by atoms with van der Waals surface area (Å²) in [5.41, 5.74) is 0.0440. The van der Waals surface area contributed by atoms with Gasteiger partial charge in [0, 0.05) is 6.08 Å². The molecule has 0 unspecified atom stereocenters. The Bertz CT molecular complexity index is 448. The Morgan fingerprint density at radius 2 is 1.94 bits per heavy atom. The zero-order valence-corrected chi connectivity index (χ0v) is 10.2. The molecule has 0 spiro atoms. The first kappa shape index (κ1) is 12.6. The van der Waals surface area contributed by atoms with Crippen LogP contribution in [0.15, 0.2) is 43.0 Å². The van der Waals surface area contributed by atoms with Crippen LogP contribution in [-0.4, -0.2) is 12.1 Å². The lowest BCUT2D eigenvalue weighted by molar-refractivity contribution is -0.0603. The lowest BCUT2D eigenvalue weighted by Gasteiger charge is -2.24. The molecule has 1 heterocycles. The molecule has 5 nitrogen and oxygen atoms in total. The van der Waals surface area contributed by atoms with E-state index in [1.54, 1.807) is 13.8 Å². The van der Waals surface area contributed by atoms with Gasteiger partial charge in [0.25, 0.3) is 0 Å². The molecule has 1 aromatic carbocycles. The summed E-state index contributed by atoms with van der Waals surface area (Å²) >= 11 is 0. The van der Waals surface area contributed by atoms with Crippen LogP contribution in [0.25, 0.3) is 0 Å². The maximum atomic E-state index is 11.6. The normalized spacial score (nSPS) is 16.8. The van der Waals surface area contributed by atoms with E-state index in [-0.39, 0.29) is 0 Å². The summed E-state index contributed by atoms with van der Waals surface area (Å²) in [6, 6.07) is 9.34. The third-order valence-electron chi connectivity index (χ3n) is 2.53. The zero-order valence-electron chi connectivity index (χ0n) is 10.2. The van der Waals surface area contributed by atoms with Crippen LogP contribution in [0.3, 0.4) is 0 Å². The van der Waals surface area contributed by atoms with Gasteiger partial charge < -0.3 is 9.47 Å². The van der Waals surface area contributed by atoms with Gasteiger partial charge in [0.1, 0.15) is 5.60 Å². The van der Waals surface area contributed by atoms with Gasteiger partial charge in [-0.1, -0.05) is 36.9 Å². The highest BCUT2D eigenvalue weighted by Crippen LogP contribution is 2.34. The predicted octanol–water partition coefficient (Wildman–Crippen LogP) is 2.88. The molecule has 0 saturated carbocycles. The van der Waals surface area contributed by atoms with Crippen molar-refractivity contribution in [1.82, 2.24) is 0 Å². The van der Waals surface area contributed by atoms with Crippen molar-refractivity contribution in [3.8, 4) is 0 Å². The third kappa shape index (κ3) is 2.69. The molecule has 0 radical (unpaired) electrons. The monoisotopic (exact) mass is 250 g/mol. The Balaban J connectivity index is 2.00. The SMILES string of the molecule is C=CC1(OC(=O)OC(C)(C)c2ccccc2)OO1. The molecular formula is C13H14O5. The fourth-order valence-corrected chi connectivity index (χ4v) is 1.43. The zero-order chi connectivity index (χ0) is 13.2. The maximum Gasteiger partial charge on any atom is 0.513 e. The number of ether oxygens (including phenoxy) is 2. The van der Waals surface area contributed by atoms with Crippen LogP contribution in [0.5, 0.6) is 0 Å². The Morgan fingerprint density at radius 3 is 2.44 bits per heavy atom. The molecule has 1 fully saturated rings. The molecule has 2 rings (SSSR count). The number of hydrogen-bond donors (Lipinski definition) is 0. The van der Waals surface area contributed by atoms with Crippen LogP contribution in [0.4, 0.5) is 4.79 Å². The minimum atomic E-state index is -1.48. The lowest BCUT2D eigenvalue weighted by Crippen LogP contribution is -2.29. The molecule has 5 heteroatoms. The first-order valence-corrected chi connectivity index (χ1v) is 5.45. The van der Waals surface area contributed by atoms with E-state index in [4.69, 9.17) is 9.47 Å². The van der Waals surface area contributed by atoms with E-state index >= 15 is 0 Å². The average molecular weight is 250 g/mol. The summed E-state index contributed by atoms with van der Waals surface area (Å²) in [5, 5.41) is 0. The quantitative estimate of drug-likeness (QED) is 0.356. The first-order valence-electron chi connectivity index (χ1n) is 5.45. The van der Waals surface area contributed by atoms with E-state index in [1.807, 2.05) is 30.3 Å². The average Bonchev–Trinajstić information content (AvgIpc) is 3.10. The molecule has 96 valence electrons. The Hall–Kier alpha value is -1.85. The standard InChI is InChI=1S/C13H14O5/c1-4-13(17-18-13)16-11(14)15-12(2,3)10-8-6-5-7-9-10/h4-9H,1H2,2-3H3. The van der Waals surface area contributed by atoms with Crippen molar-refractivity contribution >= 4 is 6.16 Å². The van der Waals surface area contributed by atoms with E-state index in [0.717, 1.165) is 5.56 Å². The van der Waals surface area contributed by atoms with Gasteiger partial charge in [-0.05, 0) is 19.4 Å². The van der Waals surface area contributed by atoms with Crippen LogP contribution in [0, 0.1) is 0 Å². The number of hydrogen-bond acceptors (Lipinski definition) is 5. The minimum Gasteiger partial charge on any atom is -0.423 e. The maximum absolute atomic E-state index is 11.6. The smallest absolute Gasteiger partial charge is 0.423 e. The van der Waals surface area contributed by atoms with Crippen LogP contribution in [-0.2, 0) is 24.8 Å². The summed E-state index contributed by atoms with van der Waals surface area (Å²) in [5.74, 6) is -1.48. The molecule has 0 N–H and O–H groups in total. The number of carbonyl (C=O) groups excluding carboxylic acids is 1. The minimum absolute atomic E-state index is 0.810. The van der Waals surface area contributed by atoms with Gasteiger partial charge >= 0.3 is 12.1 Å². The second-order valence-electron chi connectivity index (χ2n) is 4.30. The van der Waals surface area contributed by atoms with E-state index in [0.29, 0.717) is 0 Å². The van der Waals surface area contributed by atoms with Gasteiger partial charge in [-0.2, -0.15) is 0 Å².